The number of carbonyl (C=O) groups is 1. The molecule has 9 heteroatoms. The van der Waals surface area contributed by atoms with Crippen LogP contribution in [-0.2, 0) is 0 Å². The van der Waals surface area contributed by atoms with Gasteiger partial charge in [-0.1, -0.05) is 24.3 Å². The molecule has 0 fully saturated rings. The molecule has 4 rings (SSSR count). The van der Waals surface area contributed by atoms with Crippen molar-refractivity contribution < 1.29 is 22.4 Å². The van der Waals surface area contributed by atoms with Crippen LogP contribution < -0.4 is 5.32 Å². The maximum Gasteiger partial charge on any atom is 0.414 e. The number of nitrogens with zero attached hydrogens (tertiary/aromatic N) is 3. The Labute approximate surface area is 168 Å². The summed E-state index contributed by atoms with van der Waals surface area (Å²) in [6.07, 6.45) is -1.95. The molecule has 5 nitrogen and oxygen atoms in total. The Morgan fingerprint density at radius 3 is 2.53 bits per heavy atom. The highest BCUT2D eigenvalue weighted by molar-refractivity contribution is 6.00. The Bertz CT molecular complexity index is 1200. The number of hydrogen-bond donors (Lipinski definition) is 1. The van der Waals surface area contributed by atoms with Crippen LogP contribution in [0.15, 0.2) is 73.1 Å². The van der Waals surface area contributed by atoms with Crippen LogP contribution in [0.3, 0.4) is 0 Å². The van der Waals surface area contributed by atoms with Gasteiger partial charge in [0.1, 0.15) is 11.6 Å². The van der Waals surface area contributed by atoms with Crippen molar-refractivity contribution in [3.05, 3.63) is 90.3 Å². The number of hydrogen-bond acceptors (Lipinski definition) is 3. The molecule has 0 spiro atoms. The van der Waals surface area contributed by atoms with E-state index in [1.807, 2.05) is 5.32 Å². The number of benzene rings is 1. The lowest BCUT2D eigenvalue weighted by Crippen LogP contribution is -2.38. The predicted octanol–water partition coefficient (Wildman–Crippen LogP) is 4.57. The van der Waals surface area contributed by atoms with Gasteiger partial charge in [-0.25, -0.2) is 9.37 Å². The summed E-state index contributed by atoms with van der Waals surface area (Å²) < 4.78 is 55.9. The van der Waals surface area contributed by atoms with Crippen LogP contribution in [0.5, 0.6) is 0 Å². The van der Waals surface area contributed by atoms with Crippen molar-refractivity contribution in [3.8, 4) is 11.4 Å². The van der Waals surface area contributed by atoms with Crippen LogP contribution in [-0.4, -0.2) is 26.5 Å². The van der Waals surface area contributed by atoms with Crippen molar-refractivity contribution in [1.29, 1.82) is 0 Å². The Morgan fingerprint density at radius 1 is 1.03 bits per heavy atom. The predicted molar refractivity (Wildman–Crippen MR) is 101 cm³/mol. The number of amides is 1. The van der Waals surface area contributed by atoms with Crippen molar-refractivity contribution >= 4 is 11.4 Å². The number of nitrogens with one attached hydrogen (secondary N) is 1. The Morgan fingerprint density at radius 2 is 1.83 bits per heavy atom. The van der Waals surface area contributed by atoms with Crippen molar-refractivity contribution in [2.75, 3.05) is 0 Å². The smallest absolute Gasteiger partial charge is 0.334 e. The minimum Gasteiger partial charge on any atom is -0.334 e. The first-order chi connectivity index (χ1) is 14.3. The van der Waals surface area contributed by atoms with Crippen LogP contribution in [0, 0.1) is 5.82 Å². The molecular formula is C21H14F4N4O. The lowest BCUT2D eigenvalue weighted by atomic mass is 10.1. The van der Waals surface area contributed by atoms with E-state index in [1.165, 1.54) is 47.0 Å². The summed E-state index contributed by atoms with van der Waals surface area (Å²) in [4.78, 5) is 20.8. The fourth-order valence-corrected chi connectivity index (χ4v) is 3.11. The minimum absolute atomic E-state index is 0.208. The number of pyridine rings is 2. The summed E-state index contributed by atoms with van der Waals surface area (Å²) in [6.45, 7) is 0. The van der Waals surface area contributed by atoms with Gasteiger partial charge >= 0.3 is 6.18 Å². The fraction of sp³-hybridized carbons (Fsp3) is 0.0952. The Kier molecular flexibility index (Phi) is 4.94. The average molecular weight is 414 g/mol. The van der Waals surface area contributed by atoms with Crippen molar-refractivity contribution in [3.63, 3.8) is 0 Å². The molecule has 1 unspecified atom stereocenters. The second-order valence-corrected chi connectivity index (χ2v) is 6.45. The second kappa shape index (κ2) is 7.58. The lowest BCUT2D eigenvalue weighted by molar-refractivity contribution is -0.156. The van der Waals surface area contributed by atoms with Gasteiger partial charge in [0.15, 0.2) is 11.7 Å². The van der Waals surface area contributed by atoms with Gasteiger partial charge in [-0.05, 0) is 36.4 Å². The molecule has 3 aromatic heterocycles. The molecule has 1 aromatic carbocycles. The van der Waals surface area contributed by atoms with E-state index >= 15 is 0 Å². The first kappa shape index (κ1) is 19.6. The molecule has 0 bridgehead atoms. The zero-order valence-electron chi connectivity index (χ0n) is 15.3. The third-order valence-electron chi connectivity index (χ3n) is 4.43. The van der Waals surface area contributed by atoms with E-state index in [4.69, 9.17) is 0 Å². The summed E-state index contributed by atoms with van der Waals surface area (Å²) in [5.41, 5.74) is 0.121. The number of fused-ring (bicyclic) bond motifs is 1. The highest BCUT2D eigenvalue weighted by Gasteiger charge is 2.43. The van der Waals surface area contributed by atoms with E-state index < -0.39 is 23.9 Å². The summed E-state index contributed by atoms with van der Waals surface area (Å²) >= 11 is 0. The molecule has 3 heterocycles. The Hall–Kier alpha value is -3.75. The zero-order valence-corrected chi connectivity index (χ0v) is 15.3. The van der Waals surface area contributed by atoms with Gasteiger partial charge in [0.25, 0.3) is 5.91 Å². The molecule has 0 saturated carbocycles. The molecule has 0 aliphatic heterocycles. The van der Waals surface area contributed by atoms with Gasteiger partial charge in [0.05, 0.1) is 11.2 Å². The second-order valence-electron chi connectivity index (χ2n) is 6.45. The monoisotopic (exact) mass is 414 g/mol. The van der Waals surface area contributed by atoms with Gasteiger partial charge in [0, 0.05) is 18.0 Å². The molecule has 0 aliphatic rings. The number of aromatic nitrogens is 3. The molecule has 0 saturated heterocycles. The van der Waals surface area contributed by atoms with E-state index in [2.05, 4.69) is 9.97 Å². The number of imidazole rings is 1. The van der Waals surface area contributed by atoms with Gasteiger partial charge in [0.2, 0.25) is 0 Å². The van der Waals surface area contributed by atoms with E-state index in [-0.39, 0.29) is 22.7 Å². The van der Waals surface area contributed by atoms with E-state index in [0.29, 0.717) is 5.56 Å². The standard InChI is InChI=1S/C21H14F4N4O/c22-14-7-5-6-13(12-14)19-27-17(16-9-2-4-11-29(16)19)20(30)28-18(21(23,24)25)15-8-1-3-10-26-15/h1-12,18H,(H,28,30). The maximum atomic E-state index is 13.7. The number of carbonyl (C=O) groups excluding carboxylic acids is 1. The van der Waals surface area contributed by atoms with E-state index in [9.17, 15) is 22.4 Å². The molecule has 4 aromatic rings. The summed E-state index contributed by atoms with van der Waals surface area (Å²) in [5, 5.41) is 1.98. The third-order valence-corrected chi connectivity index (χ3v) is 4.43. The third kappa shape index (κ3) is 3.73. The maximum absolute atomic E-state index is 13.7. The van der Waals surface area contributed by atoms with E-state index in [0.717, 1.165) is 0 Å². The molecule has 1 atom stereocenters. The van der Waals surface area contributed by atoms with Crippen LogP contribution in [0.25, 0.3) is 16.9 Å². The zero-order chi connectivity index (χ0) is 21.3. The average Bonchev–Trinajstić information content (AvgIpc) is 3.11. The van der Waals surface area contributed by atoms with Crippen molar-refractivity contribution in [1.82, 2.24) is 19.7 Å². The van der Waals surface area contributed by atoms with Crippen LogP contribution in [0.2, 0.25) is 0 Å². The first-order valence-electron chi connectivity index (χ1n) is 8.86. The summed E-state index contributed by atoms with van der Waals surface area (Å²) in [7, 11) is 0. The SMILES string of the molecule is O=C(NC(c1ccccn1)C(F)(F)F)c1nc(-c2cccc(F)c2)n2ccccc12. The molecule has 1 N–H and O–H groups in total. The van der Waals surface area contributed by atoms with Gasteiger partial charge in [-0.15, -0.1) is 0 Å². The molecule has 0 aliphatic carbocycles. The van der Waals surface area contributed by atoms with Gasteiger partial charge < -0.3 is 5.32 Å². The fourth-order valence-electron chi connectivity index (χ4n) is 3.11. The largest absolute Gasteiger partial charge is 0.414 e. The van der Waals surface area contributed by atoms with Crippen LogP contribution in [0.4, 0.5) is 17.6 Å². The summed E-state index contributed by atoms with van der Waals surface area (Å²) in [6, 6.07) is 12.2. The van der Waals surface area contributed by atoms with Crippen LogP contribution in [0.1, 0.15) is 22.2 Å². The first-order valence-corrected chi connectivity index (χ1v) is 8.86. The van der Waals surface area contributed by atoms with Crippen molar-refractivity contribution in [2.24, 2.45) is 0 Å². The number of halogens is 4. The highest BCUT2D eigenvalue weighted by atomic mass is 19.4. The molecule has 30 heavy (non-hydrogen) atoms. The molecule has 0 radical (unpaired) electrons. The van der Waals surface area contributed by atoms with Gasteiger partial charge in [-0.2, -0.15) is 13.2 Å². The highest BCUT2D eigenvalue weighted by Crippen LogP contribution is 2.32. The van der Waals surface area contributed by atoms with E-state index in [1.54, 1.807) is 30.5 Å². The quantitative estimate of drug-likeness (QED) is 0.498. The van der Waals surface area contributed by atoms with Gasteiger partial charge in [-0.3, -0.25) is 14.2 Å². The molecule has 1 amide bonds. The number of rotatable bonds is 4. The molecule has 152 valence electrons. The normalized spacial score (nSPS) is 12.7. The van der Waals surface area contributed by atoms with Crippen LogP contribution >= 0.6 is 0 Å². The summed E-state index contributed by atoms with van der Waals surface area (Å²) in [5.74, 6) is -1.29. The number of alkyl halides is 3. The molecular weight excluding hydrogens is 400 g/mol. The topological polar surface area (TPSA) is 59.3 Å². The minimum atomic E-state index is -4.76. The lowest BCUT2D eigenvalue weighted by Gasteiger charge is -2.20. The Balaban J connectivity index is 1.77. The van der Waals surface area contributed by atoms with Crippen molar-refractivity contribution in [2.45, 2.75) is 12.2 Å².